The van der Waals surface area contributed by atoms with Gasteiger partial charge in [-0.25, -0.2) is 4.98 Å². The number of thiazole rings is 1. The fourth-order valence-electron chi connectivity index (χ4n) is 2.12. The van der Waals surface area contributed by atoms with Crippen molar-refractivity contribution in [1.82, 2.24) is 9.55 Å². The number of hydrogen-bond donors (Lipinski definition) is 1. The van der Waals surface area contributed by atoms with Crippen LogP contribution < -0.4 is 10.9 Å². The molecular formula is C16H15N3O3S. The third-order valence-corrected chi connectivity index (χ3v) is 4.30. The summed E-state index contributed by atoms with van der Waals surface area (Å²) in [7, 11) is 1.57. The van der Waals surface area contributed by atoms with Crippen LogP contribution in [-0.2, 0) is 11.3 Å². The lowest BCUT2D eigenvalue weighted by Gasteiger charge is -2.08. The number of ether oxygens (including phenoxy) is 1. The van der Waals surface area contributed by atoms with Gasteiger partial charge in [0.05, 0.1) is 22.5 Å². The van der Waals surface area contributed by atoms with Gasteiger partial charge < -0.3 is 14.6 Å². The zero-order valence-electron chi connectivity index (χ0n) is 12.5. The zero-order valence-corrected chi connectivity index (χ0v) is 13.3. The number of anilines is 1. The molecule has 0 radical (unpaired) electrons. The van der Waals surface area contributed by atoms with Crippen molar-refractivity contribution in [3.8, 4) is 0 Å². The Labute approximate surface area is 136 Å². The first kappa shape index (κ1) is 15.4. The van der Waals surface area contributed by atoms with E-state index in [1.807, 2.05) is 24.3 Å². The number of amides is 1. The van der Waals surface area contributed by atoms with Crippen LogP contribution in [0.1, 0.15) is 9.80 Å². The predicted molar refractivity (Wildman–Crippen MR) is 90.2 cm³/mol. The molecule has 0 spiro atoms. The molecule has 0 unspecified atom stereocenters. The van der Waals surface area contributed by atoms with Crippen molar-refractivity contribution >= 4 is 33.1 Å². The predicted octanol–water partition coefficient (Wildman–Crippen LogP) is 2.36. The van der Waals surface area contributed by atoms with Crippen LogP contribution in [-0.4, -0.2) is 29.2 Å². The summed E-state index contributed by atoms with van der Waals surface area (Å²) in [4.78, 5) is 28.4. The summed E-state index contributed by atoms with van der Waals surface area (Å²) in [5, 5.41) is 3.16. The number of aromatic nitrogens is 2. The minimum absolute atomic E-state index is 0.139. The number of benzene rings is 1. The molecule has 1 amide bonds. The summed E-state index contributed by atoms with van der Waals surface area (Å²) in [5.74, 6) is -0.289. The number of para-hydroxylation sites is 1. The van der Waals surface area contributed by atoms with Crippen molar-refractivity contribution in [3.63, 3.8) is 0 Å². The van der Waals surface area contributed by atoms with Gasteiger partial charge >= 0.3 is 0 Å². The fraction of sp³-hybridized carbons (Fsp3) is 0.188. The Hall–Kier alpha value is -2.51. The van der Waals surface area contributed by atoms with Gasteiger partial charge in [-0.3, -0.25) is 9.59 Å². The standard InChI is InChI=1S/C16H15N3O3S/c1-22-9-8-19-10-11(6-7-14(19)20)17-15(21)16-18-12-4-2-3-5-13(12)23-16/h2-7,10H,8-9H2,1H3,(H,17,21). The highest BCUT2D eigenvalue weighted by Gasteiger charge is 2.12. The Balaban J connectivity index is 1.80. The first-order chi connectivity index (χ1) is 11.2. The molecule has 7 heteroatoms. The molecule has 3 rings (SSSR count). The van der Waals surface area contributed by atoms with Gasteiger partial charge in [-0.1, -0.05) is 12.1 Å². The van der Waals surface area contributed by atoms with Crippen molar-refractivity contribution < 1.29 is 9.53 Å². The van der Waals surface area contributed by atoms with Gasteiger partial charge in [-0.15, -0.1) is 11.3 Å². The Morgan fingerprint density at radius 2 is 2.13 bits per heavy atom. The molecule has 2 aromatic heterocycles. The third-order valence-electron chi connectivity index (χ3n) is 3.27. The summed E-state index contributed by atoms with van der Waals surface area (Å²) in [6, 6.07) is 10.6. The average molecular weight is 329 g/mol. The Morgan fingerprint density at radius 3 is 2.91 bits per heavy atom. The summed E-state index contributed by atoms with van der Waals surface area (Å²) >= 11 is 1.33. The monoisotopic (exact) mass is 329 g/mol. The van der Waals surface area contributed by atoms with Crippen LogP contribution in [0.4, 0.5) is 5.69 Å². The maximum atomic E-state index is 12.3. The van der Waals surface area contributed by atoms with Crippen LogP contribution >= 0.6 is 11.3 Å². The molecule has 2 heterocycles. The summed E-state index contributed by atoms with van der Waals surface area (Å²) in [6.07, 6.45) is 1.60. The van der Waals surface area contributed by atoms with Crippen LogP contribution in [0, 0.1) is 0 Å². The second-order valence-corrected chi connectivity index (χ2v) is 5.91. The van der Waals surface area contributed by atoms with E-state index >= 15 is 0 Å². The van der Waals surface area contributed by atoms with Gasteiger partial charge in [0.25, 0.3) is 11.5 Å². The number of hydrogen-bond acceptors (Lipinski definition) is 5. The molecule has 1 N–H and O–H groups in total. The number of nitrogens with zero attached hydrogens (tertiary/aromatic N) is 2. The minimum Gasteiger partial charge on any atom is -0.383 e. The van der Waals surface area contributed by atoms with Gasteiger partial charge in [0.1, 0.15) is 0 Å². The highest BCUT2D eigenvalue weighted by Crippen LogP contribution is 2.22. The molecule has 0 aliphatic carbocycles. The number of rotatable bonds is 5. The Bertz CT molecular complexity index is 868. The largest absolute Gasteiger partial charge is 0.383 e. The molecule has 1 aromatic carbocycles. The first-order valence-electron chi connectivity index (χ1n) is 7.04. The van der Waals surface area contributed by atoms with Crippen molar-refractivity contribution in [1.29, 1.82) is 0 Å². The topological polar surface area (TPSA) is 73.2 Å². The molecule has 0 aliphatic rings. The van der Waals surface area contributed by atoms with Gasteiger partial charge in [0.15, 0.2) is 5.01 Å². The number of carbonyl (C=O) groups excluding carboxylic acids is 1. The van der Waals surface area contributed by atoms with E-state index in [1.54, 1.807) is 19.4 Å². The lowest BCUT2D eigenvalue weighted by Crippen LogP contribution is -2.22. The highest BCUT2D eigenvalue weighted by atomic mass is 32.1. The SMILES string of the molecule is COCCn1cc(NC(=O)c2nc3ccccc3s2)ccc1=O. The summed E-state index contributed by atoms with van der Waals surface area (Å²) < 4.78 is 7.43. The maximum Gasteiger partial charge on any atom is 0.284 e. The first-order valence-corrected chi connectivity index (χ1v) is 7.85. The molecule has 0 bridgehead atoms. The van der Waals surface area contributed by atoms with E-state index in [0.29, 0.717) is 23.8 Å². The molecule has 23 heavy (non-hydrogen) atoms. The van der Waals surface area contributed by atoms with Crippen LogP contribution in [0.2, 0.25) is 0 Å². The number of methoxy groups -OCH3 is 1. The quantitative estimate of drug-likeness (QED) is 0.780. The molecule has 0 atom stereocenters. The van der Waals surface area contributed by atoms with Crippen LogP contribution in [0.25, 0.3) is 10.2 Å². The van der Waals surface area contributed by atoms with E-state index in [1.165, 1.54) is 22.0 Å². The van der Waals surface area contributed by atoms with Crippen LogP contribution in [0.5, 0.6) is 0 Å². The summed E-state index contributed by atoms with van der Waals surface area (Å²) in [5.41, 5.74) is 1.21. The second kappa shape index (κ2) is 6.72. The van der Waals surface area contributed by atoms with E-state index in [-0.39, 0.29) is 11.5 Å². The molecule has 0 saturated heterocycles. The molecule has 0 saturated carbocycles. The summed E-state index contributed by atoms with van der Waals surface area (Å²) in [6.45, 7) is 0.857. The van der Waals surface area contributed by atoms with E-state index < -0.39 is 0 Å². The lowest BCUT2D eigenvalue weighted by molar-refractivity contribution is 0.102. The number of fused-ring (bicyclic) bond motifs is 1. The number of pyridine rings is 1. The van der Waals surface area contributed by atoms with E-state index in [4.69, 9.17) is 4.74 Å². The molecule has 118 valence electrons. The van der Waals surface area contributed by atoms with E-state index in [2.05, 4.69) is 10.3 Å². The zero-order chi connectivity index (χ0) is 16.2. The Kier molecular flexibility index (Phi) is 4.50. The van der Waals surface area contributed by atoms with Crippen molar-refractivity contribution in [3.05, 3.63) is 58.0 Å². The van der Waals surface area contributed by atoms with Gasteiger partial charge in [0.2, 0.25) is 0 Å². The average Bonchev–Trinajstić information content (AvgIpc) is 2.99. The molecule has 0 fully saturated rings. The van der Waals surface area contributed by atoms with Crippen molar-refractivity contribution in [2.45, 2.75) is 6.54 Å². The van der Waals surface area contributed by atoms with E-state index in [0.717, 1.165) is 10.2 Å². The number of nitrogens with one attached hydrogen (secondary N) is 1. The smallest absolute Gasteiger partial charge is 0.284 e. The minimum atomic E-state index is -0.289. The van der Waals surface area contributed by atoms with Gasteiger partial charge in [-0.2, -0.15) is 0 Å². The molecule has 0 aliphatic heterocycles. The highest BCUT2D eigenvalue weighted by molar-refractivity contribution is 7.20. The Morgan fingerprint density at radius 1 is 1.30 bits per heavy atom. The third kappa shape index (κ3) is 3.46. The molecule has 3 aromatic rings. The molecule has 6 nitrogen and oxygen atoms in total. The van der Waals surface area contributed by atoms with Crippen molar-refractivity contribution in [2.75, 3.05) is 19.0 Å². The normalized spacial score (nSPS) is 10.8. The van der Waals surface area contributed by atoms with Gasteiger partial charge in [0, 0.05) is 25.9 Å². The second-order valence-electron chi connectivity index (χ2n) is 4.88. The van der Waals surface area contributed by atoms with Crippen molar-refractivity contribution in [2.24, 2.45) is 0 Å². The molecular weight excluding hydrogens is 314 g/mol. The van der Waals surface area contributed by atoms with Crippen LogP contribution in [0.15, 0.2) is 47.4 Å². The fourth-order valence-corrected chi connectivity index (χ4v) is 2.98. The lowest BCUT2D eigenvalue weighted by atomic mass is 10.3. The van der Waals surface area contributed by atoms with Crippen LogP contribution in [0.3, 0.4) is 0 Å². The number of carbonyl (C=O) groups is 1. The maximum absolute atomic E-state index is 12.3. The van der Waals surface area contributed by atoms with E-state index in [9.17, 15) is 9.59 Å². The van der Waals surface area contributed by atoms with Gasteiger partial charge in [-0.05, 0) is 18.2 Å².